The lowest BCUT2D eigenvalue weighted by atomic mass is 10.3. The molecule has 0 aliphatic heterocycles. The van der Waals surface area contributed by atoms with E-state index in [2.05, 4.69) is 15.4 Å². The molecule has 0 unspecified atom stereocenters. The van der Waals surface area contributed by atoms with Gasteiger partial charge in [-0.25, -0.2) is 0 Å². The van der Waals surface area contributed by atoms with E-state index in [1.165, 1.54) is 18.4 Å². The van der Waals surface area contributed by atoms with E-state index >= 15 is 0 Å². The first kappa shape index (κ1) is 14.2. The molecule has 0 saturated heterocycles. The maximum Gasteiger partial charge on any atom is 0.308 e. The fraction of sp³-hybridized carbons (Fsp3) is 0.364. The number of rotatable bonds is 6. The summed E-state index contributed by atoms with van der Waals surface area (Å²) in [7, 11) is 1.46. The van der Waals surface area contributed by atoms with E-state index in [1.54, 1.807) is 16.8 Å². The Morgan fingerprint density at radius 1 is 1.39 bits per heavy atom. The molecule has 1 rings (SSSR count). The van der Waals surface area contributed by atoms with Crippen LogP contribution in [0.25, 0.3) is 0 Å². The van der Waals surface area contributed by atoms with Crippen molar-refractivity contribution < 1.29 is 19.1 Å². The fourth-order valence-electron chi connectivity index (χ4n) is 1.06. The zero-order chi connectivity index (χ0) is 13.4. The van der Waals surface area contributed by atoms with Crippen LogP contribution in [0.4, 0.5) is 0 Å². The Morgan fingerprint density at radius 3 is 2.78 bits per heavy atom. The number of likely N-dealkylation sites (N-methyl/N-ethyl adjacent to an activating group) is 1. The third-order valence-corrected chi connectivity index (χ3v) is 2.72. The quantitative estimate of drug-likeness (QED) is 0.721. The van der Waals surface area contributed by atoms with Crippen LogP contribution in [0.2, 0.25) is 0 Å². The van der Waals surface area contributed by atoms with Crippen LogP contribution in [0.15, 0.2) is 16.8 Å². The molecule has 2 N–H and O–H groups in total. The summed E-state index contributed by atoms with van der Waals surface area (Å²) in [4.78, 5) is 33.5. The SMILES string of the molecule is CNC(=O)COC(=O)CCNC(=O)c1ccsc1. The molecule has 2 amide bonds. The molecule has 7 heteroatoms. The van der Waals surface area contributed by atoms with E-state index in [0.29, 0.717) is 5.56 Å². The van der Waals surface area contributed by atoms with Crippen LogP contribution in [0.1, 0.15) is 16.8 Å². The number of carbonyl (C=O) groups excluding carboxylic acids is 3. The molecule has 6 nitrogen and oxygen atoms in total. The number of thiophene rings is 1. The summed E-state index contributed by atoms with van der Waals surface area (Å²) >= 11 is 1.42. The van der Waals surface area contributed by atoms with E-state index < -0.39 is 5.97 Å². The van der Waals surface area contributed by atoms with Crippen molar-refractivity contribution in [1.29, 1.82) is 0 Å². The van der Waals surface area contributed by atoms with Gasteiger partial charge in [0.2, 0.25) is 0 Å². The van der Waals surface area contributed by atoms with E-state index in [-0.39, 0.29) is 31.4 Å². The van der Waals surface area contributed by atoms with Crippen LogP contribution in [0, 0.1) is 0 Å². The smallest absolute Gasteiger partial charge is 0.308 e. The molecule has 0 radical (unpaired) electrons. The summed E-state index contributed by atoms with van der Waals surface area (Å²) < 4.78 is 4.67. The van der Waals surface area contributed by atoms with E-state index in [9.17, 15) is 14.4 Å². The van der Waals surface area contributed by atoms with Crippen LogP contribution in [-0.2, 0) is 14.3 Å². The largest absolute Gasteiger partial charge is 0.456 e. The van der Waals surface area contributed by atoms with Crippen molar-refractivity contribution in [1.82, 2.24) is 10.6 Å². The number of hydrogen-bond acceptors (Lipinski definition) is 5. The summed E-state index contributed by atoms with van der Waals surface area (Å²) in [5.74, 6) is -1.12. The normalized spacial score (nSPS) is 9.61. The Labute approximate surface area is 108 Å². The van der Waals surface area contributed by atoms with Crippen molar-refractivity contribution >= 4 is 29.1 Å². The van der Waals surface area contributed by atoms with Crippen molar-refractivity contribution in [3.63, 3.8) is 0 Å². The second-order valence-electron chi connectivity index (χ2n) is 3.35. The zero-order valence-electron chi connectivity index (χ0n) is 9.89. The molecule has 0 aliphatic rings. The molecular formula is C11H14N2O4S. The standard InChI is InChI=1S/C11H14N2O4S/c1-12-9(14)6-17-10(15)2-4-13-11(16)8-3-5-18-7-8/h3,5,7H,2,4,6H2,1H3,(H,12,14)(H,13,16). The Bertz CT molecular complexity index is 417. The first-order valence-corrected chi connectivity index (χ1v) is 6.24. The maximum absolute atomic E-state index is 11.5. The van der Waals surface area contributed by atoms with Gasteiger partial charge in [-0.3, -0.25) is 14.4 Å². The summed E-state index contributed by atoms with van der Waals surface area (Å²) in [6, 6.07) is 1.70. The van der Waals surface area contributed by atoms with Crippen LogP contribution in [0.3, 0.4) is 0 Å². The Kier molecular flexibility index (Phi) is 5.86. The second kappa shape index (κ2) is 7.44. The highest BCUT2D eigenvalue weighted by Gasteiger charge is 2.08. The number of hydrogen-bond donors (Lipinski definition) is 2. The van der Waals surface area contributed by atoms with Gasteiger partial charge in [0.15, 0.2) is 6.61 Å². The Balaban J connectivity index is 2.16. The average Bonchev–Trinajstić information content (AvgIpc) is 2.89. The topological polar surface area (TPSA) is 84.5 Å². The lowest BCUT2D eigenvalue weighted by molar-refractivity contribution is -0.148. The third kappa shape index (κ3) is 4.96. The molecule has 0 bridgehead atoms. The van der Waals surface area contributed by atoms with Crippen molar-refractivity contribution in [2.75, 3.05) is 20.2 Å². The van der Waals surface area contributed by atoms with Crippen LogP contribution < -0.4 is 10.6 Å². The van der Waals surface area contributed by atoms with Gasteiger partial charge in [0.05, 0.1) is 6.42 Å². The minimum Gasteiger partial charge on any atom is -0.456 e. The Morgan fingerprint density at radius 2 is 2.17 bits per heavy atom. The van der Waals surface area contributed by atoms with Gasteiger partial charge in [-0.2, -0.15) is 11.3 Å². The molecule has 1 aromatic rings. The molecular weight excluding hydrogens is 256 g/mol. The minimum atomic E-state index is -0.524. The third-order valence-electron chi connectivity index (χ3n) is 2.04. The van der Waals surface area contributed by atoms with Gasteiger partial charge in [-0.15, -0.1) is 0 Å². The highest BCUT2D eigenvalue weighted by atomic mass is 32.1. The molecule has 0 saturated carbocycles. The Hall–Kier alpha value is -1.89. The molecule has 1 aromatic heterocycles. The first-order chi connectivity index (χ1) is 8.63. The minimum absolute atomic E-state index is 0.0346. The predicted molar refractivity (Wildman–Crippen MR) is 66.3 cm³/mol. The number of carbonyl (C=O) groups is 3. The molecule has 1 heterocycles. The molecule has 0 aromatic carbocycles. The second-order valence-corrected chi connectivity index (χ2v) is 4.13. The fourth-order valence-corrected chi connectivity index (χ4v) is 1.70. The van der Waals surface area contributed by atoms with Crippen molar-refractivity contribution in [2.45, 2.75) is 6.42 Å². The van der Waals surface area contributed by atoms with Gasteiger partial charge >= 0.3 is 5.97 Å². The predicted octanol–water partition coefficient (Wildman–Crippen LogP) is 0.157. The average molecular weight is 270 g/mol. The summed E-state index contributed by atoms with van der Waals surface area (Å²) in [5.41, 5.74) is 0.568. The number of nitrogens with one attached hydrogen (secondary N) is 2. The number of ether oxygens (including phenoxy) is 1. The van der Waals surface area contributed by atoms with E-state index in [4.69, 9.17) is 0 Å². The van der Waals surface area contributed by atoms with Gasteiger partial charge in [-0.05, 0) is 11.4 Å². The van der Waals surface area contributed by atoms with Crippen molar-refractivity contribution in [3.05, 3.63) is 22.4 Å². The molecule has 98 valence electrons. The van der Waals surface area contributed by atoms with Crippen molar-refractivity contribution in [3.8, 4) is 0 Å². The monoisotopic (exact) mass is 270 g/mol. The van der Waals surface area contributed by atoms with Gasteiger partial charge in [0.25, 0.3) is 11.8 Å². The molecule has 0 aliphatic carbocycles. The lowest BCUT2D eigenvalue weighted by Crippen LogP contribution is -2.28. The molecule has 0 fully saturated rings. The molecule has 0 spiro atoms. The molecule has 0 atom stereocenters. The maximum atomic E-state index is 11.5. The van der Waals surface area contributed by atoms with E-state index in [1.807, 2.05) is 0 Å². The molecule has 18 heavy (non-hydrogen) atoms. The number of amides is 2. The number of esters is 1. The van der Waals surface area contributed by atoms with Crippen LogP contribution in [-0.4, -0.2) is 38.0 Å². The van der Waals surface area contributed by atoms with Crippen LogP contribution in [0.5, 0.6) is 0 Å². The zero-order valence-corrected chi connectivity index (χ0v) is 10.7. The summed E-state index contributed by atoms with van der Waals surface area (Å²) in [6.45, 7) is -0.116. The van der Waals surface area contributed by atoms with Gasteiger partial charge in [0.1, 0.15) is 0 Å². The lowest BCUT2D eigenvalue weighted by Gasteiger charge is -2.05. The summed E-state index contributed by atoms with van der Waals surface area (Å²) in [5, 5.41) is 8.43. The highest BCUT2D eigenvalue weighted by molar-refractivity contribution is 7.08. The first-order valence-electron chi connectivity index (χ1n) is 5.30. The van der Waals surface area contributed by atoms with Gasteiger partial charge in [-0.1, -0.05) is 0 Å². The van der Waals surface area contributed by atoms with Crippen LogP contribution >= 0.6 is 11.3 Å². The van der Waals surface area contributed by atoms with Gasteiger partial charge < -0.3 is 15.4 Å². The van der Waals surface area contributed by atoms with Gasteiger partial charge in [0, 0.05) is 24.5 Å². The van der Waals surface area contributed by atoms with Crippen molar-refractivity contribution in [2.24, 2.45) is 0 Å². The highest BCUT2D eigenvalue weighted by Crippen LogP contribution is 2.05. The summed E-state index contributed by atoms with van der Waals surface area (Å²) in [6.07, 6.45) is 0.0346. The van der Waals surface area contributed by atoms with E-state index in [0.717, 1.165) is 0 Å².